The maximum Gasteiger partial charge on any atom is 0.411 e. The predicted molar refractivity (Wildman–Crippen MR) is 127 cm³/mol. The Bertz CT molecular complexity index is 1180. The second-order valence-corrected chi connectivity index (χ2v) is 8.03. The molecule has 1 aliphatic rings. The van der Waals surface area contributed by atoms with Gasteiger partial charge in [-0.15, -0.1) is 0 Å². The zero-order valence-electron chi connectivity index (χ0n) is 18.7. The molecule has 0 aliphatic heterocycles. The minimum atomic E-state index is -1.01. The Balaban J connectivity index is 1.44. The number of pyridine rings is 1. The quantitative estimate of drug-likeness (QED) is 0.459. The second-order valence-electron chi connectivity index (χ2n) is 8.03. The van der Waals surface area contributed by atoms with Crippen LogP contribution in [0.25, 0.3) is 11.1 Å². The van der Waals surface area contributed by atoms with Gasteiger partial charge in [0.2, 0.25) is 0 Å². The van der Waals surface area contributed by atoms with Crippen molar-refractivity contribution in [2.75, 3.05) is 11.9 Å². The summed E-state index contributed by atoms with van der Waals surface area (Å²) in [5, 5.41) is 14.2. The smallest absolute Gasteiger partial charge is 0.411 e. The van der Waals surface area contributed by atoms with Crippen molar-refractivity contribution >= 4 is 23.7 Å². The van der Waals surface area contributed by atoms with E-state index in [-0.39, 0.29) is 30.3 Å². The number of ether oxygens (including phenoxy) is 1. The minimum absolute atomic E-state index is 0.0140. The molecular formula is C26H25N3O5. The third kappa shape index (κ3) is 4.91. The molecule has 4 rings (SSSR count). The Morgan fingerprint density at radius 1 is 1.00 bits per heavy atom. The topological polar surface area (TPSA) is 118 Å². The van der Waals surface area contributed by atoms with Crippen LogP contribution in [0.1, 0.15) is 47.3 Å². The summed E-state index contributed by atoms with van der Waals surface area (Å²) >= 11 is 0. The lowest BCUT2D eigenvalue weighted by Gasteiger charge is -2.17. The fourth-order valence-electron chi connectivity index (χ4n) is 4.19. The zero-order chi connectivity index (χ0) is 24.1. The SMILES string of the molecule is CC[C@@H](CC(=O)O)NC(=O)c1ncccc1NC(=O)OCC1c2ccccc2-c2ccccc21. The van der Waals surface area contributed by atoms with Crippen LogP contribution in [-0.2, 0) is 9.53 Å². The van der Waals surface area contributed by atoms with Gasteiger partial charge in [0.05, 0.1) is 12.1 Å². The van der Waals surface area contributed by atoms with Crippen molar-refractivity contribution < 1.29 is 24.2 Å². The highest BCUT2D eigenvalue weighted by atomic mass is 16.5. The van der Waals surface area contributed by atoms with Crippen LogP contribution in [0, 0.1) is 0 Å². The molecule has 0 saturated heterocycles. The molecule has 174 valence electrons. The van der Waals surface area contributed by atoms with Gasteiger partial charge in [-0.05, 0) is 40.8 Å². The fraction of sp³-hybridized carbons (Fsp3) is 0.231. The third-order valence-electron chi connectivity index (χ3n) is 5.85. The molecule has 0 radical (unpaired) electrons. The number of nitrogens with zero attached hydrogens (tertiary/aromatic N) is 1. The molecule has 0 spiro atoms. The first-order valence-corrected chi connectivity index (χ1v) is 11.1. The summed E-state index contributed by atoms with van der Waals surface area (Å²) in [7, 11) is 0. The van der Waals surface area contributed by atoms with Gasteiger partial charge in [0.25, 0.3) is 5.91 Å². The third-order valence-corrected chi connectivity index (χ3v) is 5.85. The van der Waals surface area contributed by atoms with Gasteiger partial charge in [-0.25, -0.2) is 9.78 Å². The van der Waals surface area contributed by atoms with Crippen molar-refractivity contribution in [1.82, 2.24) is 10.3 Å². The normalized spacial score (nSPS) is 12.9. The first-order valence-electron chi connectivity index (χ1n) is 11.1. The van der Waals surface area contributed by atoms with E-state index in [1.54, 1.807) is 19.1 Å². The van der Waals surface area contributed by atoms with Crippen LogP contribution in [0.2, 0.25) is 0 Å². The van der Waals surface area contributed by atoms with Crippen LogP contribution in [-0.4, -0.2) is 40.7 Å². The summed E-state index contributed by atoms with van der Waals surface area (Å²) in [6.07, 6.45) is 0.960. The Morgan fingerprint density at radius 3 is 2.26 bits per heavy atom. The summed E-state index contributed by atoms with van der Waals surface area (Å²) in [5.41, 5.74) is 4.63. The van der Waals surface area contributed by atoms with Gasteiger partial charge in [-0.2, -0.15) is 0 Å². The van der Waals surface area contributed by atoms with Crippen LogP contribution >= 0.6 is 0 Å². The number of carbonyl (C=O) groups is 3. The summed E-state index contributed by atoms with van der Waals surface area (Å²) in [5.74, 6) is -1.66. The molecule has 1 atom stereocenters. The summed E-state index contributed by atoms with van der Waals surface area (Å²) in [4.78, 5) is 40.4. The van der Waals surface area contributed by atoms with Gasteiger partial charge in [0, 0.05) is 18.2 Å². The molecule has 34 heavy (non-hydrogen) atoms. The van der Waals surface area contributed by atoms with Crippen molar-refractivity contribution in [1.29, 1.82) is 0 Å². The molecule has 0 fully saturated rings. The standard InChI is InChI=1S/C26H25N3O5/c1-2-16(14-23(30)31)28-25(32)24-22(12-7-13-27-24)29-26(33)34-15-21-19-10-5-3-8-17(19)18-9-4-6-11-20(18)21/h3-13,16,21H,2,14-15H2,1H3,(H,28,32)(H,29,33)(H,30,31)/t16-/m0/s1. The molecule has 3 N–H and O–H groups in total. The molecule has 2 amide bonds. The number of hydrogen-bond acceptors (Lipinski definition) is 5. The lowest BCUT2D eigenvalue weighted by molar-refractivity contribution is -0.137. The fourth-order valence-corrected chi connectivity index (χ4v) is 4.19. The summed E-state index contributed by atoms with van der Waals surface area (Å²) < 4.78 is 5.55. The second kappa shape index (κ2) is 10.2. The first kappa shape index (κ1) is 23.0. The number of aromatic nitrogens is 1. The van der Waals surface area contributed by atoms with E-state index in [0.29, 0.717) is 6.42 Å². The van der Waals surface area contributed by atoms with Crippen molar-refractivity contribution in [3.63, 3.8) is 0 Å². The maximum absolute atomic E-state index is 12.7. The van der Waals surface area contributed by atoms with E-state index in [9.17, 15) is 14.4 Å². The number of rotatable bonds is 8. The summed E-state index contributed by atoms with van der Waals surface area (Å²) in [6, 6.07) is 18.7. The van der Waals surface area contributed by atoms with E-state index in [2.05, 4.69) is 27.8 Å². The first-order chi connectivity index (χ1) is 16.5. The van der Waals surface area contributed by atoms with Gasteiger partial charge in [0.1, 0.15) is 6.61 Å². The number of hydrogen-bond donors (Lipinski definition) is 3. The van der Waals surface area contributed by atoms with Crippen LogP contribution in [0.5, 0.6) is 0 Å². The molecule has 8 nitrogen and oxygen atoms in total. The number of anilines is 1. The summed E-state index contributed by atoms with van der Waals surface area (Å²) in [6.45, 7) is 1.92. The van der Waals surface area contributed by atoms with Gasteiger partial charge in [-0.1, -0.05) is 55.5 Å². The van der Waals surface area contributed by atoms with Gasteiger partial charge in [-0.3, -0.25) is 14.9 Å². The number of carboxylic acid groups (broad SMARTS) is 1. The molecule has 3 aromatic rings. The number of aliphatic carboxylic acids is 1. The van der Waals surface area contributed by atoms with Crippen molar-refractivity contribution in [2.24, 2.45) is 0 Å². The minimum Gasteiger partial charge on any atom is -0.481 e. The van der Waals surface area contributed by atoms with Crippen LogP contribution in [0.15, 0.2) is 66.9 Å². The van der Waals surface area contributed by atoms with Crippen LogP contribution < -0.4 is 10.6 Å². The average Bonchev–Trinajstić information content (AvgIpc) is 3.16. The Hall–Kier alpha value is -4.20. The highest BCUT2D eigenvalue weighted by molar-refractivity contribution is 6.01. The van der Waals surface area contributed by atoms with E-state index < -0.39 is 24.0 Å². The van der Waals surface area contributed by atoms with E-state index in [1.807, 2.05) is 36.4 Å². The van der Waals surface area contributed by atoms with Crippen LogP contribution in [0.3, 0.4) is 0 Å². The number of carboxylic acids is 1. The molecule has 0 bridgehead atoms. The van der Waals surface area contributed by atoms with E-state index in [1.165, 1.54) is 6.20 Å². The molecule has 0 unspecified atom stereocenters. The average molecular weight is 460 g/mol. The molecule has 0 saturated carbocycles. The number of nitrogens with one attached hydrogen (secondary N) is 2. The van der Waals surface area contributed by atoms with Crippen molar-refractivity contribution in [2.45, 2.75) is 31.7 Å². The van der Waals surface area contributed by atoms with Crippen molar-refractivity contribution in [3.8, 4) is 11.1 Å². The predicted octanol–water partition coefficient (Wildman–Crippen LogP) is 4.43. The molecule has 1 aromatic heterocycles. The molecule has 2 aromatic carbocycles. The van der Waals surface area contributed by atoms with Gasteiger partial charge >= 0.3 is 12.1 Å². The maximum atomic E-state index is 12.7. The van der Waals surface area contributed by atoms with E-state index in [0.717, 1.165) is 22.3 Å². The zero-order valence-corrected chi connectivity index (χ0v) is 18.7. The van der Waals surface area contributed by atoms with Crippen molar-refractivity contribution in [3.05, 3.63) is 83.7 Å². The highest BCUT2D eigenvalue weighted by Gasteiger charge is 2.29. The molecular weight excluding hydrogens is 434 g/mol. The molecule has 1 heterocycles. The Labute approximate surface area is 197 Å². The van der Waals surface area contributed by atoms with Gasteiger partial charge in [0.15, 0.2) is 5.69 Å². The van der Waals surface area contributed by atoms with E-state index >= 15 is 0 Å². The number of amides is 2. The molecule has 8 heteroatoms. The number of carbonyl (C=O) groups excluding carboxylic acids is 2. The number of fused-ring (bicyclic) bond motifs is 3. The van der Waals surface area contributed by atoms with Gasteiger partial charge < -0.3 is 15.2 Å². The molecule has 1 aliphatic carbocycles. The van der Waals surface area contributed by atoms with E-state index in [4.69, 9.17) is 9.84 Å². The lowest BCUT2D eigenvalue weighted by atomic mass is 9.98. The Morgan fingerprint density at radius 2 is 1.65 bits per heavy atom. The number of benzene rings is 2. The highest BCUT2D eigenvalue weighted by Crippen LogP contribution is 2.44. The lowest BCUT2D eigenvalue weighted by Crippen LogP contribution is -2.37. The Kier molecular flexibility index (Phi) is 6.87. The largest absolute Gasteiger partial charge is 0.481 e. The van der Waals surface area contributed by atoms with Crippen LogP contribution in [0.4, 0.5) is 10.5 Å². The monoisotopic (exact) mass is 459 g/mol.